The van der Waals surface area contributed by atoms with Crippen LogP contribution in [0.5, 0.6) is 0 Å². The number of nitrogens with one attached hydrogen (secondary N) is 1. The van der Waals surface area contributed by atoms with Crippen molar-refractivity contribution in [2.75, 3.05) is 37.6 Å². The van der Waals surface area contributed by atoms with Gasteiger partial charge in [-0.25, -0.2) is 8.42 Å². The van der Waals surface area contributed by atoms with E-state index < -0.39 is 21.8 Å². The second kappa shape index (κ2) is 8.50. The van der Waals surface area contributed by atoms with Gasteiger partial charge in [-0.15, -0.1) is 0 Å². The highest BCUT2D eigenvalue weighted by Crippen LogP contribution is 2.28. The molecule has 3 N–H and O–H groups in total. The van der Waals surface area contributed by atoms with E-state index in [1.165, 1.54) is 16.4 Å². The summed E-state index contributed by atoms with van der Waals surface area (Å²) in [5, 5.41) is 2.45. The Kier molecular flexibility index (Phi) is 6.60. The lowest BCUT2D eigenvalue weighted by Gasteiger charge is -2.23. The molecule has 1 heterocycles. The van der Waals surface area contributed by atoms with Crippen LogP contribution >= 0.6 is 0 Å². The van der Waals surface area contributed by atoms with Gasteiger partial charge in [0, 0.05) is 31.9 Å². The third-order valence-electron chi connectivity index (χ3n) is 4.43. The lowest BCUT2D eigenvalue weighted by Crippen LogP contribution is -2.35. The van der Waals surface area contributed by atoms with E-state index in [4.69, 9.17) is 5.73 Å². The summed E-state index contributed by atoms with van der Waals surface area (Å²) in [6, 6.07) is 4.59. The number of primary amides is 1. The molecule has 1 aliphatic rings. The number of nitrogens with zero attached hydrogens (tertiary/aromatic N) is 2. The highest BCUT2D eigenvalue weighted by Gasteiger charge is 2.26. The van der Waals surface area contributed by atoms with Crippen molar-refractivity contribution in [3.8, 4) is 0 Å². The summed E-state index contributed by atoms with van der Waals surface area (Å²) in [4.78, 5) is 25.6. The summed E-state index contributed by atoms with van der Waals surface area (Å²) in [5.41, 5.74) is 5.99. The van der Waals surface area contributed by atoms with Crippen molar-refractivity contribution in [3.63, 3.8) is 0 Å². The highest BCUT2D eigenvalue weighted by molar-refractivity contribution is 7.89. The number of amides is 2. The number of carbonyl (C=O) groups is 2. The molecule has 26 heavy (non-hydrogen) atoms. The number of hydrogen-bond donors (Lipinski definition) is 2. The Morgan fingerprint density at radius 3 is 2.35 bits per heavy atom. The number of anilines is 1. The summed E-state index contributed by atoms with van der Waals surface area (Å²) in [5.74, 6) is -1.17. The molecular weight excluding hydrogens is 356 g/mol. The zero-order valence-electron chi connectivity index (χ0n) is 15.2. The Morgan fingerprint density at radius 1 is 1.19 bits per heavy atom. The van der Waals surface area contributed by atoms with Gasteiger partial charge in [0.2, 0.25) is 15.9 Å². The standard InChI is InChI=1S/C17H26N4O4S/c1-3-21(4-2)26(24,25)13-7-8-15(20-9-5-6-10-20)14(11-13)17(23)19-12-16(18)22/h7-8,11H,3-6,9-10,12H2,1-2H3,(H2,18,22)(H,19,23). The van der Waals surface area contributed by atoms with E-state index in [2.05, 4.69) is 5.32 Å². The minimum Gasteiger partial charge on any atom is -0.371 e. The van der Waals surface area contributed by atoms with E-state index >= 15 is 0 Å². The maximum atomic E-state index is 12.8. The molecule has 0 saturated carbocycles. The minimum atomic E-state index is -3.69. The fourth-order valence-corrected chi connectivity index (χ4v) is 4.55. The Balaban J connectivity index is 2.46. The zero-order chi connectivity index (χ0) is 19.3. The second-order valence-corrected chi connectivity index (χ2v) is 8.05. The minimum absolute atomic E-state index is 0.0633. The van der Waals surface area contributed by atoms with Gasteiger partial charge in [-0.3, -0.25) is 9.59 Å². The fraction of sp³-hybridized carbons (Fsp3) is 0.529. The first-order valence-corrected chi connectivity index (χ1v) is 10.2. The normalized spacial score (nSPS) is 14.7. The molecule has 8 nitrogen and oxygen atoms in total. The summed E-state index contributed by atoms with van der Waals surface area (Å²) in [6.45, 7) is 5.52. The van der Waals surface area contributed by atoms with Crippen LogP contribution in [0.2, 0.25) is 0 Å². The molecule has 1 aromatic carbocycles. The van der Waals surface area contributed by atoms with Crippen molar-refractivity contribution in [2.45, 2.75) is 31.6 Å². The van der Waals surface area contributed by atoms with Gasteiger partial charge in [-0.2, -0.15) is 4.31 Å². The molecule has 9 heteroatoms. The molecule has 0 spiro atoms. The third-order valence-corrected chi connectivity index (χ3v) is 6.47. The average molecular weight is 382 g/mol. The lowest BCUT2D eigenvalue weighted by molar-refractivity contribution is -0.117. The summed E-state index contributed by atoms with van der Waals surface area (Å²) >= 11 is 0. The number of carbonyl (C=O) groups excluding carboxylic acids is 2. The van der Waals surface area contributed by atoms with Gasteiger partial charge in [0.25, 0.3) is 5.91 Å². The van der Waals surface area contributed by atoms with Gasteiger partial charge >= 0.3 is 0 Å². The summed E-state index contributed by atoms with van der Waals surface area (Å²) in [7, 11) is -3.69. The lowest BCUT2D eigenvalue weighted by atomic mass is 10.1. The van der Waals surface area contributed by atoms with Gasteiger partial charge in [0.1, 0.15) is 0 Å². The van der Waals surface area contributed by atoms with Gasteiger partial charge in [0.05, 0.1) is 17.0 Å². The molecule has 1 fully saturated rings. The first-order chi connectivity index (χ1) is 12.3. The number of benzene rings is 1. The number of rotatable bonds is 8. The molecule has 0 bridgehead atoms. The predicted octanol–water partition coefficient (Wildman–Crippen LogP) is 0.532. The molecule has 2 amide bonds. The van der Waals surface area contributed by atoms with E-state index in [0.29, 0.717) is 18.8 Å². The molecule has 0 aliphatic carbocycles. The van der Waals surface area contributed by atoms with Crippen LogP contribution in [0, 0.1) is 0 Å². The fourth-order valence-electron chi connectivity index (χ4n) is 3.07. The van der Waals surface area contributed by atoms with Crippen molar-refractivity contribution in [2.24, 2.45) is 5.73 Å². The van der Waals surface area contributed by atoms with Gasteiger partial charge in [-0.05, 0) is 31.0 Å². The summed E-state index contributed by atoms with van der Waals surface area (Å²) < 4.78 is 26.9. The van der Waals surface area contributed by atoms with E-state index in [1.54, 1.807) is 19.9 Å². The molecule has 0 unspecified atom stereocenters. The van der Waals surface area contributed by atoms with E-state index in [0.717, 1.165) is 25.9 Å². The first kappa shape index (κ1) is 20.2. The highest BCUT2D eigenvalue weighted by atomic mass is 32.2. The zero-order valence-corrected chi connectivity index (χ0v) is 16.0. The van der Waals surface area contributed by atoms with E-state index in [-0.39, 0.29) is 17.0 Å². The largest absolute Gasteiger partial charge is 0.371 e. The van der Waals surface area contributed by atoms with Crippen LogP contribution in [-0.4, -0.2) is 57.3 Å². The molecule has 1 aromatic rings. The van der Waals surface area contributed by atoms with E-state index in [1.807, 2.05) is 4.90 Å². The molecule has 2 rings (SSSR count). The Bertz CT molecular complexity index is 769. The molecule has 144 valence electrons. The van der Waals surface area contributed by atoms with Crippen molar-refractivity contribution < 1.29 is 18.0 Å². The van der Waals surface area contributed by atoms with Gasteiger partial charge < -0.3 is 16.0 Å². The van der Waals surface area contributed by atoms with Gasteiger partial charge in [0.15, 0.2) is 0 Å². The molecule has 1 aliphatic heterocycles. The Hall–Kier alpha value is -2.13. The molecule has 0 radical (unpaired) electrons. The molecule has 0 atom stereocenters. The van der Waals surface area contributed by atoms with Gasteiger partial charge in [-0.1, -0.05) is 13.8 Å². The molecule has 1 saturated heterocycles. The van der Waals surface area contributed by atoms with Crippen LogP contribution in [0.15, 0.2) is 23.1 Å². The van der Waals surface area contributed by atoms with Crippen LogP contribution in [0.3, 0.4) is 0 Å². The van der Waals surface area contributed by atoms with Crippen molar-refractivity contribution in [1.29, 1.82) is 0 Å². The second-order valence-electron chi connectivity index (χ2n) is 6.11. The van der Waals surface area contributed by atoms with E-state index in [9.17, 15) is 18.0 Å². The monoisotopic (exact) mass is 382 g/mol. The average Bonchev–Trinajstić information content (AvgIpc) is 3.14. The van der Waals surface area contributed by atoms with Crippen LogP contribution in [0.4, 0.5) is 5.69 Å². The predicted molar refractivity (Wildman–Crippen MR) is 99.5 cm³/mol. The number of hydrogen-bond acceptors (Lipinski definition) is 5. The Morgan fingerprint density at radius 2 is 1.81 bits per heavy atom. The topological polar surface area (TPSA) is 113 Å². The van der Waals surface area contributed by atoms with Crippen molar-refractivity contribution in [1.82, 2.24) is 9.62 Å². The van der Waals surface area contributed by atoms with Crippen LogP contribution < -0.4 is 16.0 Å². The van der Waals surface area contributed by atoms with Crippen LogP contribution in [0.1, 0.15) is 37.0 Å². The maximum absolute atomic E-state index is 12.8. The third kappa shape index (κ3) is 4.34. The first-order valence-electron chi connectivity index (χ1n) is 8.76. The summed E-state index contributed by atoms with van der Waals surface area (Å²) in [6.07, 6.45) is 2.03. The maximum Gasteiger partial charge on any atom is 0.253 e. The number of sulfonamides is 1. The quantitative estimate of drug-likeness (QED) is 0.681. The smallest absolute Gasteiger partial charge is 0.253 e. The molecule has 0 aromatic heterocycles. The Labute approximate surface area is 154 Å². The van der Waals surface area contributed by atoms with Crippen LogP contribution in [-0.2, 0) is 14.8 Å². The van der Waals surface area contributed by atoms with Crippen LogP contribution in [0.25, 0.3) is 0 Å². The SMILES string of the molecule is CCN(CC)S(=O)(=O)c1ccc(N2CCCC2)c(C(=O)NCC(N)=O)c1. The number of nitrogens with two attached hydrogens (primary N) is 1. The van der Waals surface area contributed by atoms with Crippen molar-refractivity contribution in [3.05, 3.63) is 23.8 Å². The molecular formula is C17H26N4O4S. The van der Waals surface area contributed by atoms with Crippen molar-refractivity contribution >= 4 is 27.5 Å².